The lowest BCUT2D eigenvalue weighted by atomic mass is 10.1. The van der Waals surface area contributed by atoms with Gasteiger partial charge in [0.15, 0.2) is 0 Å². The van der Waals surface area contributed by atoms with Crippen molar-refractivity contribution in [3.05, 3.63) is 65.2 Å². The minimum Gasteiger partial charge on any atom is -0.357 e. The molecule has 8 heteroatoms. The summed E-state index contributed by atoms with van der Waals surface area (Å²) in [5, 5.41) is 2.60. The van der Waals surface area contributed by atoms with Crippen LogP contribution in [-0.4, -0.2) is 51.0 Å². The number of likely N-dealkylation sites (N-methyl/N-ethyl adjacent to an activating group) is 1. The van der Waals surface area contributed by atoms with Gasteiger partial charge in [-0.2, -0.15) is 0 Å². The fourth-order valence-corrected chi connectivity index (χ4v) is 4.54. The maximum absolute atomic E-state index is 13.1. The van der Waals surface area contributed by atoms with Crippen molar-refractivity contribution in [2.45, 2.75) is 46.2 Å². The van der Waals surface area contributed by atoms with E-state index in [9.17, 15) is 18.0 Å². The number of amides is 2. The third kappa shape index (κ3) is 7.09. The Kier molecular flexibility index (Phi) is 8.83. The standard InChI is InChI=1S/C24H33N3O4S/c1-18-9-6-11-21(15-18)17-26(20(3)24(29)25-4)23(28)13-8-14-27(32(5,30)31)22-12-7-10-19(2)16-22/h6-7,9-12,15-16,20H,8,13-14,17H2,1-5H3,(H,25,29)/t20-/m0/s1. The number of nitrogens with zero attached hydrogens (tertiary/aromatic N) is 2. The van der Waals surface area contributed by atoms with Crippen molar-refractivity contribution < 1.29 is 18.0 Å². The molecule has 0 aromatic heterocycles. The second-order valence-corrected chi connectivity index (χ2v) is 9.99. The van der Waals surface area contributed by atoms with E-state index in [0.29, 0.717) is 18.7 Å². The molecule has 2 aromatic rings. The number of carbonyl (C=O) groups excluding carboxylic acids is 2. The average molecular weight is 460 g/mol. The molecular formula is C24H33N3O4S. The van der Waals surface area contributed by atoms with Crippen LogP contribution >= 0.6 is 0 Å². The maximum Gasteiger partial charge on any atom is 0.242 e. The molecule has 0 aliphatic heterocycles. The molecule has 0 saturated carbocycles. The molecule has 0 aliphatic rings. The topological polar surface area (TPSA) is 86.8 Å². The van der Waals surface area contributed by atoms with Crippen molar-refractivity contribution in [3.8, 4) is 0 Å². The molecule has 0 radical (unpaired) electrons. The summed E-state index contributed by atoms with van der Waals surface area (Å²) in [6.07, 6.45) is 1.63. The quantitative estimate of drug-likeness (QED) is 0.592. The molecule has 0 bridgehead atoms. The first-order valence-electron chi connectivity index (χ1n) is 10.6. The Morgan fingerprint density at radius 2 is 1.66 bits per heavy atom. The van der Waals surface area contributed by atoms with Gasteiger partial charge in [-0.25, -0.2) is 8.42 Å². The zero-order chi connectivity index (χ0) is 23.9. The smallest absolute Gasteiger partial charge is 0.242 e. The van der Waals surface area contributed by atoms with Gasteiger partial charge in [0.2, 0.25) is 21.8 Å². The molecule has 0 spiro atoms. The van der Waals surface area contributed by atoms with Crippen molar-refractivity contribution in [2.75, 3.05) is 24.2 Å². The van der Waals surface area contributed by atoms with Crippen molar-refractivity contribution >= 4 is 27.5 Å². The highest BCUT2D eigenvalue weighted by Crippen LogP contribution is 2.20. The summed E-state index contributed by atoms with van der Waals surface area (Å²) >= 11 is 0. The summed E-state index contributed by atoms with van der Waals surface area (Å²) in [4.78, 5) is 26.9. The number of aryl methyl sites for hydroxylation is 2. The SMILES string of the molecule is CNC(=O)[C@H](C)N(Cc1cccc(C)c1)C(=O)CCCN(c1cccc(C)c1)S(C)(=O)=O. The van der Waals surface area contributed by atoms with Crippen LogP contribution in [0.15, 0.2) is 48.5 Å². The highest BCUT2D eigenvalue weighted by Gasteiger charge is 2.26. The number of hydrogen-bond acceptors (Lipinski definition) is 4. The number of benzene rings is 2. The van der Waals surface area contributed by atoms with Gasteiger partial charge in [-0.15, -0.1) is 0 Å². The molecule has 174 valence electrons. The monoisotopic (exact) mass is 459 g/mol. The van der Waals surface area contributed by atoms with Crippen LogP contribution in [0.3, 0.4) is 0 Å². The van der Waals surface area contributed by atoms with Crippen LogP contribution in [0.4, 0.5) is 5.69 Å². The molecular weight excluding hydrogens is 426 g/mol. The summed E-state index contributed by atoms with van der Waals surface area (Å²) < 4.78 is 26.0. The minimum absolute atomic E-state index is 0.130. The number of sulfonamides is 1. The lowest BCUT2D eigenvalue weighted by Crippen LogP contribution is -2.46. The number of hydrogen-bond donors (Lipinski definition) is 1. The highest BCUT2D eigenvalue weighted by atomic mass is 32.2. The zero-order valence-electron chi connectivity index (χ0n) is 19.5. The normalized spacial score (nSPS) is 12.2. The minimum atomic E-state index is -3.50. The van der Waals surface area contributed by atoms with Gasteiger partial charge >= 0.3 is 0 Å². The second kappa shape index (κ2) is 11.1. The molecule has 0 unspecified atom stereocenters. The largest absolute Gasteiger partial charge is 0.357 e. The van der Waals surface area contributed by atoms with Crippen LogP contribution in [0.1, 0.15) is 36.5 Å². The summed E-state index contributed by atoms with van der Waals surface area (Å²) in [5.41, 5.74) is 3.54. The fraction of sp³-hybridized carbons (Fsp3) is 0.417. The molecule has 7 nitrogen and oxygen atoms in total. The van der Waals surface area contributed by atoms with Gasteiger partial charge in [0.1, 0.15) is 6.04 Å². The van der Waals surface area contributed by atoms with E-state index in [1.165, 1.54) is 4.31 Å². The predicted molar refractivity (Wildman–Crippen MR) is 128 cm³/mol. The van der Waals surface area contributed by atoms with Gasteiger partial charge in [-0.05, 0) is 50.5 Å². The van der Waals surface area contributed by atoms with Crippen LogP contribution in [0.25, 0.3) is 0 Å². The molecule has 0 saturated heterocycles. The van der Waals surface area contributed by atoms with Crippen LogP contribution in [0.2, 0.25) is 0 Å². The van der Waals surface area contributed by atoms with E-state index >= 15 is 0 Å². The Bertz CT molecular complexity index is 1050. The first-order chi connectivity index (χ1) is 15.0. The van der Waals surface area contributed by atoms with Crippen molar-refractivity contribution in [1.29, 1.82) is 0 Å². The molecule has 2 aromatic carbocycles. The van der Waals surface area contributed by atoms with Crippen LogP contribution in [0.5, 0.6) is 0 Å². The number of anilines is 1. The van der Waals surface area contributed by atoms with Gasteiger partial charge in [0, 0.05) is 26.6 Å². The van der Waals surface area contributed by atoms with E-state index in [4.69, 9.17) is 0 Å². The molecule has 2 rings (SSSR count). The third-order valence-electron chi connectivity index (χ3n) is 5.29. The molecule has 0 aliphatic carbocycles. The predicted octanol–water partition coefficient (Wildman–Crippen LogP) is 3.01. The van der Waals surface area contributed by atoms with Gasteiger partial charge in [-0.3, -0.25) is 13.9 Å². The van der Waals surface area contributed by atoms with Crippen LogP contribution < -0.4 is 9.62 Å². The Hall–Kier alpha value is -2.87. The summed E-state index contributed by atoms with van der Waals surface area (Å²) in [7, 11) is -1.95. The summed E-state index contributed by atoms with van der Waals surface area (Å²) in [6, 6.07) is 14.4. The van der Waals surface area contributed by atoms with Gasteiger partial charge in [0.25, 0.3) is 0 Å². The van der Waals surface area contributed by atoms with Crippen LogP contribution in [0, 0.1) is 13.8 Å². The summed E-state index contributed by atoms with van der Waals surface area (Å²) in [6.45, 7) is 6.06. The first-order valence-corrected chi connectivity index (χ1v) is 12.5. The third-order valence-corrected chi connectivity index (χ3v) is 6.48. The Morgan fingerprint density at radius 1 is 1.03 bits per heavy atom. The van der Waals surface area contributed by atoms with E-state index in [-0.39, 0.29) is 24.8 Å². The van der Waals surface area contributed by atoms with Crippen molar-refractivity contribution in [1.82, 2.24) is 10.2 Å². The van der Waals surface area contributed by atoms with E-state index in [2.05, 4.69) is 5.32 Å². The lowest BCUT2D eigenvalue weighted by molar-refractivity contribution is -0.140. The number of rotatable bonds is 10. The Morgan fingerprint density at radius 3 is 2.22 bits per heavy atom. The van der Waals surface area contributed by atoms with Gasteiger partial charge in [0.05, 0.1) is 11.9 Å². The highest BCUT2D eigenvalue weighted by molar-refractivity contribution is 7.92. The molecule has 1 N–H and O–H groups in total. The van der Waals surface area contributed by atoms with Crippen molar-refractivity contribution in [3.63, 3.8) is 0 Å². The fourth-order valence-electron chi connectivity index (χ4n) is 3.59. The van der Waals surface area contributed by atoms with E-state index in [1.54, 1.807) is 31.0 Å². The van der Waals surface area contributed by atoms with Gasteiger partial charge in [-0.1, -0.05) is 42.0 Å². The number of nitrogens with one attached hydrogen (secondary N) is 1. The van der Waals surface area contributed by atoms with E-state index in [0.717, 1.165) is 22.9 Å². The van der Waals surface area contributed by atoms with Gasteiger partial charge < -0.3 is 10.2 Å². The molecule has 1 atom stereocenters. The molecule has 0 heterocycles. The van der Waals surface area contributed by atoms with E-state index in [1.807, 2.05) is 50.2 Å². The molecule has 0 fully saturated rings. The summed E-state index contributed by atoms with van der Waals surface area (Å²) in [5.74, 6) is -0.441. The average Bonchev–Trinajstić information content (AvgIpc) is 2.73. The van der Waals surface area contributed by atoms with E-state index < -0.39 is 16.1 Å². The molecule has 32 heavy (non-hydrogen) atoms. The number of carbonyl (C=O) groups is 2. The Labute approximate surface area is 191 Å². The first kappa shape index (κ1) is 25.4. The maximum atomic E-state index is 13.1. The lowest BCUT2D eigenvalue weighted by Gasteiger charge is -2.29. The zero-order valence-corrected chi connectivity index (χ0v) is 20.3. The van der Waals surface area contributed by atoms with Crippen LogP contribution in [-0.2, 0) is 26.2 Å². The Balaban J connectivity index is 2.14. The van der Waals surface area contributed by atoms with Crippen molar-refractivity contribution in [2.24, 2.45) is 0 Å². The molecule has 2 amide bonds. The second-order valence-electron chi connectivity index (χ2n) is 8.08.